The van der Waals surface area contributed by atoms with E-state index in [2.05, 4.69) is 30.5 Å². The third kappa shape index (κ3) is 3.79. The molecule has 1 unspecified atom stereocenters. The molecule has 0 saturated heterocycles. The van der Waals surface area contributed by atoms with Crippen molar-refractivity contribution < 1.29 is 9.59 Å². The second kappa shape index (κ2) is 7.85. The Bertz CT molecular complexity index is 813. The van der Waals surface area contributed by atoms with Crippen LogP contribution in [0.15, 0.2) is 41.8 Å². The van der Waals surface area contributed by atoms with Crippen molar-refractivity contribution in [1.82, 2.24) is 9.80 Å². The summed E-state index contributed by atoms with van der Waals surface area (Å²) < 4.78 is 0. The molecule has 0 N–H and O–H groups in total. The molecule has 27 heavy (non-hydrogen) atoms. The number of fused-ring (bicyclic) bond motifs is 1. The average molecular weight is 383 g/mol. The lowest BCUT2D eigenvalue weighted by Gasteiger charge is -2.37. The number of nitrogens with zero attached hydrogens (tertiary/aromatic N) is 2. The summed E-state index contributed by atoms with van der Waals surface area (Å²) in [4.78, 5) is 31.0. The number of carbonyl (C=O) groups excluding carboxylic acids is 2. The molecular weight excluding hydrogens is 356 g/mol. The molecular formula is C22H26N2O2S. The van der Waals surface area contributed by atoms with Crippen molar-refractivity contribution >= 4 is 23.2 Å². The average Bonchev–Trinajstić information content (AvgIpc) is 3.43. The molecule has 2 amide bonds. The Morgan fingerprint density at radius 2 is 1.96 bits per heavy atom. The lowest BCUT2D eigenvalue weighted by atomic mass is 9.93. The maximum Gasteiger partial charge on any atom is 0.242 e. The molecule has 1 atom stereocenters. The molecule has 5 heteroatoms. The normalized spacial score (nSPS) is 18.9. The van der Waals surface area contributed by atoms with Crippen molar-refractivity contribution in [3.8, 4) is 0 Å². The highest BCUT2D eigenvalue weighted by molar-refractivity contribution is 7.10. The fourth-order valence-electron chi connectivity index (χ4n) is 3.96. The van der Waals surface area contributed by atoms with E-state index in [1.54, 1.807) is 16.2 Å². The summed E-state index contributed by atoms with van der Waals surface area (Å²) in [5, 5.41) is 2.12. The Balaban J connectivity index is 1.58. The molecule has 1 aliphatic heterocycles. The van der Waals surface area contributed by atoms with Crippen LogP contribution in [0, 0.1) is 5.92 Å². The van der Waals surface area contributed by atoms with Gasteiger partial charge < -0.3 is 9.80 Å². The van der Waals surface area contributed by atoms with E-state index in [-0.39, 0.29) is 30.3 Å². The Morgan fingerprint density at radius 3 is 2.67 bits per heavy atom. The van der Waals surface area contributed by atoms with Crippen molar-refractivity contribution in [2.75, 3.05) is 19.6 Å². The predicted molar refractivity (Wildman–Crippen MR) is 108 cm³/mol. The van der Waals surface area contributed by atoms with Crippen LogP contribution in [0.2, 0.25) is 0 Å². The standard InChI is InChI=1S/C22H26N2O2S/c1-2-12-23(22(26)17-8-9-17)15-20(25)24-13-10-19-18(11-14-27-19)21(24)16-6-4-3-5-7-16/h3-7,11,14,17,21H,2,8-10,12-13,15H2,1H3. The zero-order chi connectivity index (χ0) is 18.8. The van der Waals surface area contributed by atoms with Gasteiger partial charge in [0.05, 0.1) is 12.6 Å². The molecule has 142 valence electrons. The van der Waals surface area contributed by atoms with Crippen molar-refractivity contribution in [1.29, 1.82) is 0 Å². The minimum absolute atomic E-state index is 0.0480. The van der Waals surface area contributed by atoms with Crippen LogP contribution >= 0.6 is 11.3 Å². The molecule has 2 aliphatic rings. The number of benzene rings is 1. The number of hydrogen-bond donors (Lipinski definition) is 0. The molecule has 1 saturated carbocycles. The van der Waals surface area contributed by atoms with Gasteiger partial charge in [0.15, 0.2) is 0 Å². The third-order valence-electron chi connectivity index (χ3n) is 5.46. The Labute approximate surface area is 164 Å². The van der Waals surface area contributed by atoms with Gasteiger partial charge in [0, 0.05) is 23.9 Å². The minimum Gasteiger partial charge on any atom is -0.333 e. The summed E-state index contributed by atoms with van der Waals surface area (Å²) in [6.07, 6.45) is 3.72. The lowest BCUT2D eigenvalue weighted by molar-refractivity contribution is -0.142. The van der Waals surface area contributed by atoms with E-state index < -0.39 is 0 Å². The van der Waals surface area contributed by atoms with Crippen molar-refractivity contribution in [2.24, 2.45) is 5.92 Å². The number of amides is 2. The fourth-order valence-corrected chi connectivity index (χ4v) is 4.86. The predicted octanol–water partition coefficient (Wildman–Crippen LogP) is 3.87. The van der Waals surface area contributed by atoms with Crippen LogP contribution in [0.4, 0.5) is 0 Å². The Kier molecular flexibility index (Phi) is 5.30. The molecule has 1 aliphatic carbocycles. The van der Waals surface area contributed by atoms with Gasteiger partial charge in [-0.1, -0.05) is 37.3 Å². The van der Waals surface area contributed by atoms with Gasteiger partial charge in [-0.25, -0.2) is 0 Å². The van der Waals surface area contributed by atoms with Gasteiger partial charge in [0.2, 0.25) is 11.8 Å². The molecule has 0 bridgehead atoms. The molecule has 4 nitrogen and oxygen atoms in total. The molecule has 1 fully saturated rings. The van der Waals surface area contributed by atoms with Crippen LogP contribution in [0.1, 0.15) is 48.2 Å². The van der Waals surface area contributed by atoms with E-state index in [9.17, 15) is 9.59 Å². The van der Waals surface area contributed by atoms with Gasteiger partial charge in [-0.3, -0.25) is 9.59 Å². The summed E-state index contributed by atoms with van der Waals surface area (Å²) in [6.45, 7) is 3.63. The summed E-state index contributed by atoms with van der Waals surface area (Å²) in [5.41, 5.74) is 2.38. The summed E-state index contributed by atoms with van der Waals surface area (Å²) in [7, 11) is 0. The zero-order valence-electron chi connectivity index (χ0n) is 15.8. The zero-order valence-corrected chi connectivity index (χ0v) is 16.6. The van der Waals surface area contributed by atoms with Crippen LogP contribution in [0.3, 0.4) is 0 Å². The highest BCUT2D eigenvalue weighted by Crippen LogP contribution is 2.38. The number of carbonyl (C=O) groups is 2. The first-order valence-corrected chi connectivity index (χ1v) is 10.8. The smallest absolute Gasteiger partial charge is 0.242 e. The van der Waals surface area contributed by atoms with E-state index in [0.717, 1.165) is 31.2 Å². The molecule has 1 aromatic carbocycles. The molecule has 1 aromatic heterocycles. The van der Waals surface area contributed by atoms with Crippen LogP contribution in [0.25, 0.3) is 0 Å². The minimum atomic E-state index is -0.0480. The Morgan fingerprint density at radius 1 is 1.19 bits per heavy atom. The van der Waals surface area contributed by atoms with Crippen molar-refractivity contribution in [3.05, 3.63) is 57.8 Å². The second-order valence-corrected chi connectivity index (χ2v) is 8.48. The maximum absolute atomic E-state index is 13.3. The fraction of sp³-hybridized carbons (Fsp3) is 0.455. The molecule has 0 spiro atoms. The van der Waals surface area contributed by atoms with Gasteiger partial charge in [0.25, 0.3) is 0 Å². The van der Waals surface area contributed by atoms with Gasteiger partial charge in [-0.05, 0) is 48.3 Å². The number of rotatable bonds is 6. The van der Waals surface area contributed by atoms with E-state index >= 15 is 0 Å². The first-order chi connectivity index (χ1) is 13.2. The largest absolute Gasteiger partial charge is 0.333 e. The van der Waals surface area contributed by atoms with E-state index in [4.69, 9.17) is 0 Å². The highest BCUT2D eigenvalue weighted by atomic mass is 32.1. The monoisotopic (exact) mass is 382 g/mol. The van der Waals surface area contributed by atoms with Gasteiger partial charge in [-0.2, -0.15) is 0 Å². The van der Waals surface area contributed by atoms with Crippen LogP contribution in [0.5, 0.6) is 0 Å². The first kappa shape index (κ1) is 18.2. The van der Waals surface area contributed by atoms with E-state index in [1.165, 1.54) is 10.4 Å². The summed E-state index contributed by atoms with van der Waals surface area (Å²) >= 11 is 1.77. The lowest BCUT2D eigenvalue weighted by Crippen LogP contribution is -2.47. The van der Waals surface area contributed by atoms with Gasteiger partial charge in [0.1, 0.15) is 0 Å². The van der Waals surface area contributed by atoms with E-state index in [0.29, 0.717) is 13.1 Å². The summed E-state index contributed by atoms with van der Waals surface area (Å²) in [5.74, 6) is 0.372. The topological polar surface area (TPSA) is 40.6 Å². The molecule has 0 radical (unpaired) electrons. The molecule has 4 rings (SSSR count). The SMILES string of the molecule is CCCN(CC(=O)N1CCc2sccc2C1c1ccccc1)C(=O)C1CC1. The second-order valence-electron chi connectivity index (χ2n) is 7.48. The number of hydrogen-bond acceptors (Lipinski definition) is 3. The highest BCUT2D eigenvalue weighted by Gasteiger charge is 2.37. The first-order valence-electron chi connectivity index (χ1n) is 9.88. The maximum atomic E-state index is 13.3. The number of thiophene rings is 1. The van der Waals surface area contributed by atoms with Crippen LogP contribution in [-0.4, -0.2) is 41.2 Å². The summed E-state index contributed by atoms with van der Waals surface area (Å²) in [6, 6.07) is 12.3. The quantitative estimate of drug-likeness (QED) is 0.761. The van der Waals surface area contributed by atoms with Crippen LogP contribution < -0.4 is 0 Å². The van der Waals surface area contributed by atoms with Gasteiger partial charge in [-0.15, -0.1) is 11.3 Å². The Hall–Kier alpha value is -2.14. The van der Waals surface area contributed by atoms with Crippen molar-refractivity contribution in [2.45, 2.75) is 38.6 Å². The molecule has 2 heterocycles. The molecule has 2 aromatic rings. The third-order valence-corrected chi connectivity index (χ3v) is 6.46. The van der Waals surface area contributed by atoms with Gasteiger partial charge >= 0.3 is 0 Å². The van der Waals surface area contributed by atoms with E-state index in [1.807, 2.05) is 23.1 Å². The van der Waals surface area contributed by atoms with Crippen molar-refractivity contribution in [3.63, 3.8) is 0 Å². The van der Waals surface area contributed by atoms with Crippen LogP contribution in [-0.2, 0) is 16.0 Å².